The molecule has 0 amide bonds. The zero-order valence-electron chi connectivity index (χ0n) is 14.6. The normalized spacial score (nSPS) is 25.4. The summed E-state index contributed by atoms with van der Waals surface area (Å²) in [5.41, 5.74) is 3.39. The summed E-state index contributed by atoms with van der Waals surface area (Å²) in [4.78, 5) is 0. The van der Waals surface area contributed by atoms with E-state index in [0.29, 0.717) is 17.4 Å². The summed E-state index contributed by atoms with van der Waals surface area (Å²) in [6.07, 6.45) is 5.45. The number of nitrogens with one attached hydrogen (secondary N) is 1. The predicted molar refractivity (Wildman–Crippen MR) is 93.0 cm³/mol. The molecular weight excluding hydrogens is 254 g/mol. The van der Waals surface area contributed by atoms with Crippen LogP contribution in [-0.4, -0.2) is 12.6 Å². The second-order valence-corrected chi connectivity index (χ2v) is 7.66. The van der Waals surface area contributed by atoms with Crippen LogP contribution in [0.5, 0.6) is 0 Å². The monoisotopic (exact) mass is 287 g/mol. The Balaban J connectivity index is 2.12. The van der Waals surface area contributed by atoms with Gasteiger partial charge in [0.25, 0.3) is 0 Å². The fraction of sp³-hybridized carbons (Fsp3) is 0.700. The van der Waals surface area contributed by atoms with Gasteiger partial charge in [-0.1, -0.05) is 71.7 Å². The molecule has 0 saturated heterocycles. The molecule has 1 aliphatic carbocycles. The summed E-state index contributed by atoms with van der Waals surface area (Å²) in [6, 6.07) is 10.0. The highest BCUT2D eigenvalue weighted by Gasteiger charge is 2.44. The lowest BCUT2D eigenvalue weighted by atomic mass is 9.57. The van der Waals surface area contributed by atoms with Crippen molar-refractivity contribution >= 4 is 0 Å². The van der Waals surface area contributed by atoms with Crippen LogP contribution in [0.3, 0.4) is 0 Å². The lowest BCUT2D eigenvalue weighted by Crippen LogP contribution is -2.49. The van der Waals surface area contributed by atoms with Crippen LogP contribution in [0.25, 0.3) is 0 Å². The molecule has 0 aromatic heterocycles. The smallest absolute Gasteiger partial charge is 0.00831 e. The molecular formula is C20H33N. The van der Waals surface area contributed by atoms with Gasteiger partial charge in [-0.05, 0) is 35.8 Å². The van der Waals surface area contributed by atoms with Gasteiger partial charge in [-0.15, -0.1) is 0 Å². The SMILES string of the molecule is CCCC1CC(CNC(C)C)(c2ccc(C(C)C)cc2)C1. The molecule has 0 atom stereocenters. The molecule has 0 unspecified atom stereocenters. The Morgan fingerprint density at radius 3 is 2.19 bits per heavy atom. The van der Waals surface area contributed by atoms with Gasteiger partial charge in [0.2, 0.25) is 0 Å². The Bertz CT molecular complexity index is 424. The first-order chi connectivity index (χ1) is 9.97. The third-order valence-corrected chi connectivity index (χ3v) is 5.09. The third kappa shape index (κ3) is 3.88. The van der Waals surface area contributed by atoms with Crippen LogP contribution in [0.2, 0.25) is 0 Å². The molecule has 1 aromatic rings. The molecule has 1 saturated carbocycles. The van der Waals surface area contributed by atoms with E-state index < -0.39 is 0 Å². The van der Waals surface area contributed by atoms with Crippen LogP contribution in [0, 0.1) is 5.92 Å². The molecule has 0 aliphatic heterocycles. The zero-order valence-corrected chi connectivity index (χ0v) is 14.6. The summed E-state index contributed by atoms with van der Waals surface area (Å²) < 4.78 is 0. The average molecular weight is 287 g/mol. The second kappa shape index (κ2) is 6.96. The minimum atomic E-state index is 0.389. The summed E-state index contributed by atoms with van der Waals surface area (Å²) in [6.45, 7) is 12.5. The molecule has 21 heavy (non-hydrogen) atoms. The number of hydrogen-bond acceptors (Lipinski definition) is 1. The Hall–Kier alpha value is -0.820. The predicted octanol–water partition coefficient (Wildman–Crippen LogP) is 5.26. The van der Waals surface area contributed by atoms with Crippen LogP contribution < -0.4 is 5.32 Å². The molecule has 1 fully saturated rings. The molecule has 0 radical (unpaired) electrons. The lowest BCUT2D eigenvalue weighted by Gasteiger charge is -2.49. The van der Waals surface area contributed by atoms with Gasteiger partial charge in [0.1, 0.15) is 0 Å². The van der Waals surface area contributed by atoms with Crippen molar-refractivity contribution in [2.45, 2.75) is 77.7 Å². The summed E-state index contributed by atoms with van der Waals surface area (Å²) in [5, 5.41) is 3.69. The van der Waals surface area contributed by atoms with Crippen LogP contribution in [0.1, 0.15) is 77.3 Å². The maximum absolute atomic E-state index is 3.69. The number of rotatable bonds is 7. The first-order valence-corrected chi connectivity index (χ1v) is 8.80. The standard InChI is InChI=1S/C20H33N/c1-6-7-17-12-20(13-17,14-21-16(4)5)19-10-8-18(9-11-19)15(2)3/h8-11,15-17,21H,6-7,12-14H2,1-5H3. The maximum atomic E-state index is 3.69. The summed E-state index contributed by atoms with van der Waals surface area (Å²) in [7, 11) is 0. The Morgan fingerprint density at radius 2 is 1.71 bits per heavy atom. The first-order valence-electron chi connectivity index (χ1n) is 8.80. The van der Waals surface area contributed by atoms with E-state index in [9.17, 15) is 0 Å². The van der Waals surface area contributed by atoms with E-state index >= 15 is 0 Å². The lowest BCUT2D eigenvalue weighted by molar-refractivity contribution is 0.126. The van der Waals surface area contributed by atoms with E-state index in [1.165, 1.54) is 31.2 Å². The van der Waals surface area contributed by atoms with Crippen LogP contribution >= 0.6 is 0 Å². The Kier molecular flexibility index (Phi) is 5.48. The quantitative estimate of drug-likeness (QED) is 0.721. The Morgan fingerprint density at radius 1 is 1.10 bits per heavy atom. The van der Waals surface area contributed by atoms with Crippen molar-refractivity contribution in [2.75, 3.05) is 6.54 Å². The largest absolute Gasteiger partial charge is 0.314 e. The molecule has 1 nitrogen and oxygen atoms in total. The van der Waals surface area contributed by atoms with Gasteiger partial charge >= 0.3 is 0 Å². The van der Waals surface area contributed by atoms with Crippen LogP contribution in [-0.2, 0) is 5.41 Å². The average Bonchev–Trinajstić information content (AvgIpc) is 2.41. The fourth-order valence-corrected chi connectivity index (χ4v) is 3.76. The van der Waals surface area contributed by atoms with Gasteiger partial charge in [0.15, 0.2) is 0 Å². The van der Waals surface area contributed by atoms with Crippen molar-refractivity contribution in [1.82, 2.24) is 5.32 Å². The molecule has 2 rings (SSSR count). The summed E-state index contributed by atoms with van der Waals surface area (Å²) >= 11 is 0. The van der Waals surface area contributed by atoms with Gasteiger partial charge in [-0.25, -0.2) is 0 Å². The highest BCUT2D eigenvalue weighted by Crippen LogP contribution is 2.49. The molecule has 118 valence electrons. The zero-order chi connectivity index (χ0) is 15.5. The topological polar surface area (TPSA) is 12.0 Å². The summed E-state index contributed by atoms with van der Waals surface area (Å²) in [5.74, 6) is 1.56. The van der Waals surface area contributed by atoms with Crippen molar-refractivity contribution in [3.8, 4) is 0 Å². The molecule has 0 spiro atoms. The van der Waals surface area contributed by atoms with Gasteiger partial charge in [0.05, 0.1) is 0 Å². The van der Waals surface area contributed by atoms with Gasteiger partial charge in [0, 0.05) is 18.0 Å². The molecule has 1 aromatic carbocycles. The van der Waals surface area contributed by atoms with E-state index in [2.05, 4.69) is 64.2 Å². The fourth-order valence-electron chi connectivity index (χ4n) is 3.76. The van der Waals surface area contributed by atoms with Crippen molar-refractivity contribution in [1.29, 1.82) is 0 Å². The van der Waals surface area contributed by atoms with Crippen molar-refractivity contribution in [3.05, 3.63) is 35.4 Å². The molecule has 1 heteroatoms. The van der Waals surface area contributed by atoms with Crippen molar-refractivity contribution in [3.63, 3.8) is 0 Å². The second-order valence-electron chi connectivity index (χ2n) is 7.66. The highest BCUT2D eigenvalue weighted by molar-refractivity contribution is 5.33. The van der Waals surface area contributed by atoms with E-state index in [0.717, 1.165) is 12.5 Å². The number of hydrogen-bond donors (Lipinski definition) is 1. The van der Waals surface area contributed by atoms with Gasteiger partial charge in [-0.2, -0.15) is 0 Å². The van der Waals surface area contributed by atoms with Crippen molar-refractivity contribution < 1.29 is 0 Å². The van der Waals surface area contributed by atoms with Crippen molar-refractivity contribution in [2.24, 2.45) is 5.92 Å². The van der Waals surface area contributed by atoms with E-state index in [1.807, 2.05) is 0 Å². The minimum absolute atomic E-state index is 0.389. The number of benzene rings is 1. The minimum Gasteiger partial charge on any atom is -0.314 e. The maximum Gasteiger partial charge on any atom is 0.00831 e. The van der Waals surface area contributed by atoms with Crippen LogP contribution in [0.15, 0.2) is 24.3 Å². The van der Waals surface area contributed by atoms with Gasteiger partial charge in [-0.3, -0.25) is 0 Å². The molecule has 0 bridgehead atoms. The van der Waals surface area contributed by atoms with Gasteiger partial charge < -0.3 is 5.32 Å². The molecule has 1 aliphatic rings. The molecule has 0 heterocycles. The van der Waals surface area contributed by atoms with E-state index in [-0.39, 0.29) is 0 Å². The first kappa shape index (κ1) is 16.5. The van der Waals surface area contributed by atoms with E-state index in [1.54, 1.807) is 5.56 Å². The Labute approximate surface area is 131 Å². The van der Waals surface area contributed by atoms with E-state index in [4.69, 9.17) is 0 Å². The molecule has 1 N–H and O–H groups in total. The van der Waals surface area contributed by atoms with Crippen LogP contribution in [0.4, 0.5) is 0 Å². The highest BCUT2D eigenvalue weighted by atomic mass is 14.9. The third-order valence-electron chi connectivity index (χ3n) is 5.09.